The average Bonchev–Trinajstić information content (AvgIpc) is 2.27. The highest BCUT2D eigenvalue weighted by molar-refractivity contribution is 9.10. The van der Waals surface area contributed by atoms with Crippen molar-refractivity contribution in [3.63, 3.8) is 0 Å². The van der Waals surface area contributed by atoms with Crippen LogP contribution in [-0.2, 0) is 14.9 Å². The van der Waals surface area contributed by atoms with Crippen LogP contribution in [0.15, 0.2) is 27.6 Å². The largest absolute Gasteiger partial charge is 0.495 e. The van der Waals surface area contributed by atoms with Crippen LogP contribution in [0.1, 0.15) is 0 Å². The summed E-state index contributed by atoms with van der Waals surface area (Å²) in [5.74, 6) is -0.0219. The van der Waals surface area contributed by atoms with Gasteiger partial charge in [-0.1, -0.05) is 20.8 Å². The first-order chi connectivity index (χ1) is 8.65. The van der Waals surface area contributed by atoms with Crippen molar-refractivity contribution >= 4 is 26.0 Å². The quantitative estimate of drug-likeness (QED) is 0.814. The first kappa shape index (κ1) is 16.2. The summed E-state index contributed by atoms with van der Waals surface area (Å²) in [7, 11) is -3.04. The molecule has 0 saturated carbocycles. The lowest BCUT2D eigenvalue weighted by Crippen LogP contribution is -2.29. The molecule has 0 aliphatic rings. The maximum atomic E-state index is 11.9. The number of rotatable bonds is 5. The van der Waals surface area contributed by atoms with Crippen LogP contribution in [0.3, 0.4) is 0 Å². The van der Waals surface area contributed by atoms with Gasteiger partial charge in [0, 0.05) is 4.47 Å². The minimum Gasteiger partial charge on any atom is -0.495 e. The molecule has 0 aliphatic carbocycles. The van der Waals surface area contributed by atoms with Gasteiger partial charge in [-0.15, -0.1) is 0 Å². The summed E-state index contributed by atoms with van der Waals surface area (Å²) >= 11 is 3.05. The number of alkyl halides is 3. The first-order valence-electron chi connectivity index (χ1n) is 4.69. The van der Waals surface area contributed by atoms with Crippen molar-refractivity contribution in [2.24, 2.45) is 0 Å². The van der Waals surface area contributed by atoms with Gasteiger partial charge < -0.3 is 4.74 Å². The van der Waals surface area contributed by atoms with E-state index in [1.165, 1.54) is 30.2 Å². The fraction of sp³-hybridized carbons (Fsp3) is 0.333. The summed E-state index contributed by atoms with van der Waals surface area (Å²) in [5.41, 5.74) is 0. The van der Waals surface area contributed by atoms with Gasteiger partial charge in [0.05, 0.1) is 7.11 Å². The van der Waals surface area contributed by atoms with Gasteiger partial charge in [0.25, 0.3) is 10.0 Å². The van der Waals surface area contributed by atoms with E-state index in [4.69, 9.17) is 4.74 Å². The van der Waals surface area contributed by atoms with Crippen molar-refractivity contribution in [3.8, 4) is 5.75 Å². The van der Waals surface area contributed by atoms with E-state index < -0.39 is 22.8 Å². The molecular weight excluding hydrogens is 355 g/mol. The third-order valence-electron chi connectivity index (χ3n) is 1.82. The Kier molecular flexibility index (Phi) is 5.18. The molecule has 0 aliphatic heterocycles. The summed E-state index contributed by atoms with van der Waals surface area (Å²) in [6.45, 7) is -1.73. The molecule has 5 nitrogen and oxygen atoms in total. The topological polar surface area (TPSA) is 64.6 Å². The molecule has 0 unspecified atom stereocenters. The van der Waals surface area contributed by atoms with Crippen molar-refractivity contribution in [3.05, 3.63) is 22.7 Å². The highest BCUT2D eigenvalue weighted by Gasteiger charge is 2.29. The second-order valence-electron chi connectivity index (χ2n) is 3.29. The SMILES string of the molecule is COc1ccc(Br)cc1S(=O)(=O)NOCC(F)(F)F. The van der Waals surface area contributed by atoms with Crippen LogP contribution in [0.4, 0.5) is 13.2 Å². The van der Waals surface area contributed by atoms with Gasteiger partial charge in [-0.3, -0.25) is 4.84 Å². The first-order valence-corrected chi connectivity index (χ1v) is 6.97. The summed E-state index contributed by atoms with van der Waals surface area (Å²) < 4.78 is 64.3. The molecule has 10 heteroatoms. The number of ether oxygens (including phenoxy) is 1. The number of sulfonamides is 1. The molecule has 1 rings (SSSR count). The summed E-state index contributed by atoms with van der Waals surface area (Å²) in [6.07, 6.45) is -4.64. The van der Waals surface area contributed by atoms with Gasteiger partial charge in [0.1, 0.15) is 10.6 Å². The summed E-state index contributed by atoms with van der Waals surface area (Å²) in [4.78, 5) is 4.97. The number of hydrogen-bond acceptors (Lipinski definition) is 4. The van der Waals surface area contributed by atoms with Gasteiger partial charge in [0.15, 0.2) is 6.61 Å². The zero-order chi connectivity index (χ0) is 14.7. The molecule has 1 aromatic carbocycles. The van der Waals surface area contributed by atoms with Gasteiger partial charge >= 0.3 is 6.18 Å². The van der Waals surface area contributed by atoms with Crippen LogP contribution in [0.5, 0.6) is 5.75 Å². The van der Waals surface area contributed by atoms with E-state index in [1.807, 2.05) is 0 Å². The molecule has 0 bridgehead atoms. The Hall–Kier alpha value is -0.840. The fourth-order valence-electron chi connectivity index (χ4n) is 1.09. The van der Waals surface area contributed by atoms with E-state index in [2.05, 4.69) is 20.8 Å². The molecule has 0 heterocycles. The second kappa shape index (κ2) is 6.07. The monoisotopic (exact) mass is 363 g/mol. The molecule has 0 radical (unpaired) electrons. The van der Waals surface area contributed by atoms with Crippen molar-refractivity contribution in [1.82, 2.24) is 4.89 Å². The molecule has 0 atom stereocenters. The minimum absolute atomic E-state index is 0.0219. The van der Waals surface area contributed by atoms with Crippen LogP contribution in [0.25, 0.3) is 0 Å². The highest BCUT2D eigenvalue weighted by Crippen LogP contribution is 2.27. The molecular formula is C9H9BrF3NO4S. The lowest BCUT2D eigenvalue weighted by atomic mass is 10.3. The highest BCUT2D eigenvalue weighted by atomic mass is 79.9. The second-order valence-corrected chi connectivity index (χ2v) is 5.81. The maximum absolute atomic E-state index is 11.9. The Morgan fingerprint density at radius 2 is 2.00 bits per heavy atom. The van der Waals surface area contributed by atoms with Crippen molar-refractivity contribution in [2.75, 3.05) is 13.7 Å². The van der Waals surface area contributed by atoms with E-state index in [-0.39, 0.29) is 10.6 Å². The third kappa shape index (κ3) is 4.97. The number of halogens is 4. The van der Waals surface area contributed by atoms with E-state index in [0.717, 1.165) is 0 Å². The van der Waals surface area contributed by atoms with Crippen molar-refractivity contribution in [2.45, 2.75) is 11.1 Å². The van der Waals surface area contributed by atoms with Gasteiger partial charge in [-0.05, 0) is 18.2 Å². The molecule has 108 valence electrons. The van der Waals surface area contributed by atoms with Gasteiger partial charge in [0.2, 0.25) is 0 Å². The predicted octanol–water partition coefficient (Wildman–Crippen LogP) is 2.23. The summed E-state index contributed by atoms with van der Waals surface area (Å²) in [6, 6.07) is 4.05. The lowest BCUT2D eigenvalue weighted by molar-refractivity contribution is -0.181. The Bertz CT molecular complexity index is 547. The number of hydrogen-bond donors (Lipinski definition) is 1. The normalized spacial score (nSPS) is 12.5. The summed E-state index contributed by atoms with van der Waals surface area (Å²) in [5, 5.41) is 0. The number of methoxy groups -OCH3 is 1. The molecule has 0 spiro atoms. The lowest BCUT2D eigenvalue weighted by Gasteiger charge is -2.12. The van der Waals surface area contributed by atoms with E-state index in [9.17, 15) is 21.6 Å². The molecule has 1 N–H and O–H groups in total. The standard InChI is InChI=1S/C9H9BrF3NO4S/c1-17-7-3-2-6(10)4-8(7)19(15,16)14-18-5-9(11,12)13/h2-4,14H,5H2,1H3. The van der Waals surface area contributed by atoms with E-state index in [0.29, 0.717) is 4.47 Å². The molecule has 0 aromatic heterocycles. The smallest absolute Gasteiger partial charge is 0.413 e. The maximum Gasteiger partial charge on any atom is 0.413 e. The van der Waals surface area contributed by atoms with Crippen LogP contribution in [0, 0.1) is 0 Å². The van der Waals surface area contributed by atoms with Gasteiger partial charge in [-0.25, -0.2) is 8.42 Å². The van der Waals surface area contributed by atoms with Crippen molar-refractivity contribution in [1.29, 1.82) is 0 Å². The van der Waals surface area contributed by atoms with E-state index >= 15 is 0 Å². The molecule has 19 heavy (non-hydrogen) atoms. The minimum atomic E-state index is -4.64. The Morgan fingerprint density at radius 3 is 2.53 bits per heavy atom. The molecule has 0 fully saturated rings. The zero-order valence-corrected chi connectivity index (χ0v) is 11.9. The van der Waals surface area contributed by atoms with Gasteiger partial charge in [-0.2, -0.15) is 13.2 Å². The average molecular weight is 364 g/mol. The van der Waals surface area contributed by atoms with Crippen LogP contribution in [0.2, 0.25) is 0 Å². The fourth-order valence-corrected chi connectivity index (χ4v) is 2.61. The van der Waals surface area contributed by atoms with E-state index in [1.54, 1.807) is 0 Å². The zero-order valence-electron chi connectivity index (χ0n) is 9.49. The molecule has 0 amide bonds. The Morgan fingerprint density at radius 1 is 1.37 bits per heavy atom. The predicted molar refractivity (Wildman–Crippen MR) is 63.0 cm³/mol. The van der Waals surface area contributed by atoms with Crippen LogP contribution < -0.4 is 9.62 Å². The molecule has 0 saturated heterocycles. The van der Waals surface area contributed by atoms with Crippen LogP contribution in [-0.4, -0.2) is 28.3 Å². The van der Waals surface area contributed by atoms with Crippen LogP contribution >= 0.6 is 15.9 Å². The third-order valence-corrected chi connectivity index (χ3v) is 3.55. The van der Waals surface area contributed by atoms with Crippen molar-refractivity contribution < 1.29 is 31.2 Å². The molecule has 1 aromatic rings. The Balaban J connectivity index is 2.91. The number of benzene rings is 1. The Labute approximate surface area is 115 Å². The number of nitrogens with one attached hydrogen (secondary N) is 1.